The zero-order valence-electron chi connectivity index (χ0n) is 16.5. The Hall–Kier alpha value is -2.87. The van der Waals surface area contributed by atoms with E-state index in [9.17, 15) is 18.8 Å². The first kappa shape index (κ1) is 22.4. The van der Waals surface area contributed by atoms with E-state index in [0.717, 1.165) is 11.8 Å². The number of rotatable bonds is 7. The molecule has 0 unspecified atom stereocenters. The van der Waals surface area contributed by atoms with Crippen LogP contribution in [-0.4, -0.2) is 35.7 Å². The Labute approximate surface area is 173 Å². The summed E-state index contributed by atoms with van der Waals surface area (Å²) in [5.41, 5.74) is 0.333. The lowest BCUT2D eigenvalue weighted by molar-refractivity contribution is -0.125. The fourth-order valence-corrected chi connectivity index (χ4v) is 3.14. The van der Waals surface area contributed by atoms with Gasteiger partial charge >= 0.3 is 5.97 Å². The lowest BCUT2D eigenvalue weighted by Crippen LogP contribution is -2.42. The van der Waals surface area contributed by atoms with E-state index in [1.54, 1.807) is 24.3 Å². The maximum atomic E-state index is 12.9. The average molecular weight is 418 g/mol. The van der Waals surface area contributed by atoms with Crippen molar-refractivity contribution < 1.29 is 23.5 Å². The van der Waals surface area contributed by atoms with Crippen LogP contribution in [0.1, 0.15) is 31.1 Å². The van der Waals surface area contributed by atoms with E-state index in [1.807, 2.05) is 20.8 Å². The van der Waals surface area contributed by atoms with Gasteiger partial charge in [0.25, 0.3) is 5.91 Å². The SMILES string of the molecule is CC(C)(C)NC(=O)COC(=O)c1ccccc1SCC(=O)Nc1ccc(F)cc1. The molecule has 6 nitrogen and oxygen atoms in total. The predicted molar refractivity (Wildman–Crippen MR) is 110 cm³/mol. The van der Waals surface area contributed by atoms with Crippen LogP contribution < -0.4 is 10.6 Å². The van der Waals surface area contributed by atoms with Crippen LogP contribution in [0.2, 0.25) is 0 Å². The molecule has 0 aliphatic heterocycles. The fourth-order valence-electron chi connectivity index (χ4n) is 2.30. The summed E-state index contributed by atoms with van der Waals surface area (Å²) in [7, 11) is 0. The first-order valence-electron chi connectivity index (χ1n) is 8.89. The molecule has 0 bridgehead atoms. The zero-order valence-corrected chi connectivity index (χ0v) is 17.3. The minimum atomic E-state index is -0.642. The predicted octanol–water partition coefficient (Wildman–Crippen LogP) is 3.63. The lowest BCUT2D eigenvalue weighted by Gasteiger charge is -2.20. The van der Waals surface area contributed by atoms with Gasteiger partial charge < -0.3 is 15.4 Å². The number of ether oxygens (including phenoxy) is 1. The quantitative estimate of drug-likeness (QED) is 0.530. The van der Waals surface area contributed by atoms with E-state index in [0.29, 0.717) is 10.6 Å². The Kier molecular flexibility index (Phi) is 7.78. The molecule has 0 aromatic heterocycles. The van der Waals surface area contributed by atoms with Crippen molar-refractivity contribution in [3.8, 4) is 0 Å². The third-order valence-electron chi connectivity index (χ3n) is 3.44. The van der Waals surface area contributed by atoms with Crippen LogP contribution in [0.3, 0.4) is 0 Å². The molecule has 2 aromatic rings. The number of carbonyl (C=O) groups excluding carboxylic acids is 3. The first-order valence-corrected chi connectivity index (χ1v) is 9.88. The minimum absolute atomic E-state index is 0.0478. The zero-order chi connectivity index (χ0) is 21.4. The van der Waals surface area contributed by atoms with Crippen LogP contribution in [0.15, 0.2) is 53.4 Å². The lowest BCUT2D eigenvalue weighted by atomic mass is 10.1. The van der Waals surface area contributed by atoms with Crippen molar-refractivity contribution in [1.29, 1.82) is 0 Å². The summed E-state index contributed by atoms with van der Waals surface area (Å²) in [6.45, 7) is 5.10. The maximum absolute atomic E-state index is 12.9. The summed E-state index contributed by atoms with van der Waals surface area (Å²) in [6.07, 6.45) is 0. The molecule has 2 rings (SSSR count). The molecular weight excluding hydrogens is 395 g/mol. The summed E-state index contributed by atoms with van der Waals surface area (Å²) < 4.78 is 18.0. The monoisotopic (exact) mass is 418 g/mol. The highest BCUT2D eigenvalue weighted by Gasteiger charge is 2.18. The number of carbonyl (C=O) groups is 3. The number of thioether (sulfide) groups is 1. The van der Waals surface area contributed by atoms with Gasteiger partial charge in [-0.25, -0.2) is 9.18 Å². The number of hydrogen-bond donors (Lipinski definition) is 2. The molecular formula is C21H23FN2O4S. The van der Waals surface area contributed by atoms with Crippen LogP contribution >= 0.6 is 11.8 Å². The number of nitrogens with one attached hydrogen (secondary N) is 2. The molecule has 0 saturated heterocycles. The molecule has 2 N–H and O–H groups in total. The smallest absolute Gasteiger partial charge is 0.339 e. The van der Waals surface area contributed by atoms with Gasteiger partial charge in [-0.1, -0.05) is 12.1 Å². The van der Waals surface area contributed by atoms with Gasteiger partial charge in [0.15, 0.2) is 6.61 Å². The number of amides is 2. The van der Waals surface area contributed by atoms with Crippen molar-refractivity contribution in [2.75, 3.05) is 17.7 Å². The molecule has 0 aliphatic carbocycles. The van der Waals surface area contributed by atoms with Crippen LogP contribution in [0.5, 0.6) is 0 Å². The van der Waals surface area contributed by atoms with Gasteiger partial charge in [0.1, 0.15) is 5.82 Å². The van der Waals surface area contributed by atoms with Gasteiger partial charge in [0.05, 0.1) is 11.3 Å². The molecule has 0 fully saturated rings. The molecule has 0 aliphatic rings. The van der Waals surface area contributed by atoms with E-state index in [4.69, 9.17) is 4.74 Å². The fraction of sp³-hybridized carbons (Fsp3) is 0.286. The Morgan fingerprint density at radius 2 is 1.66 bits per heavy atom. The second kappa shape index (κ2) is 10.1. The van der Waals surface area contributed by atoms with E-state index < -0.39 is 17.4 Å². The summed E-state index contributed by atoms with van der Waals surface area (Å²) in [6, 6.07) is 12.1. The summed E-state index contributed by atoms with van der Waals surface area (Å²) in [4.78, 5) is 36.8. The molecule has 0 spiro atoms. The van der Waals surface area contributed by atoms with Gasteiger partial charge in [-0.3, -0.25) is 9.59 Å². The number of halogens is 1. The molecule has 154 valence electrons. The molecule has 2 aromatic carbocycles. The van der Waals surface area contributed by atoms with E-state index >= 15 is 0 Å². The van der Waals surface area contributed by atoms with E-state index in [-0.39, 0.29) is 29.6 Å². The van der Waals surface area contributed by atoms with E-state index in [1.165, 1.54) is 24.3 Å². The highest BCUT2D eigenvalue weighted by atomic mass is 32.2. The Balaban J connectivity index is 1.92. The standard InChI is InChI=1S/C21H23FN2O4S/c1-21(2,3)24-18(25)12-28-20(27)16-6-4-5-7-17(16)29-13-19(26)23-15-10-8-14(22)9-11-15/h4-11H,12-13H2,1-3H3,(H,23,26)(H,24,25). The summed E-state index contributed by atoms with van der Waals surface area (Å²) in [5, 5.41) is 5.36. The van der Waals surface area contributed by atoms with Gasteiger partial charge in [-0.05, 0) is 57.2 Å². The van der Waals surface area contributed by atoms with Crippen molar-refractivity contribution in [3.05, 3.63) is 59.9 Å². The highest BCUT2D eigenvalue weighted by Crippen LogP contribution is 2.23. The van der Waals surface area contributed by atoms with Crippen molar-refractivity contribution in [2.24, 2.45) is 0 Å². The Morgan fingerprint density at radius 1 is 1.00 bits per heavy atom. The van der Waals surface area contributed by atoms with E-state index in [2.05, 4.69) is 10.6 Å². The van der Waals surface area contributed by atoms with Crippen molar-refractivity contribution >= 4 is 35.2 Å². The first-order chi connectivity index (χ1) is 13.6. The highest BCUT2D eigenvalue weighted by molar-refractivity contribution is 8.00. The van der Waals surface area contributed by atoms with Gasteiger partial charge in [-0.15, -0.1) is 11.8 Å². The molecule has 0 atom stereocenters. The van der Waals surface area contributed by atoms with Crippen molar-refractivity contribution in [1.82, 2.24) is 5.32 Å². The Morgan fingerprint density at radius 3 is 2.31 bits per heavy atom. The third kappa shape index (κ3) is 7.95. The maximum Gasteiger partial charge on any atom is 0.339 e. The van der Waals surface area contributed by atoms with Gasteiger partial charge in [-0.2, -0.15) is 0 Å². The molecule has 2 amide bonds. The second-order valence-electron chi connectivity index (χ2n) is 7.21. The van der Waals surface area contributed by atoms with Gasteiger partial charge in [0.2, 0.25) is 5.91 Å². The summed E-state index contributed by atoms with van der Waals surface area (Å²) >= 11 is 1.16. The van der Waals surface area contributed by atoms with Crippen molar-refractivity contribution in [3.63, 3.8) is 0 Å². The minimum Gasteiger partial charge on any atom is -0.452 e. The topological polar surface area (TPSA) is 84.5 Å². The third-order valence-corrected chi connectivity index (χ3v) is 4.52. The molecule has 29 heavy (non-hydrogen) atoms. The normalized spacial score (nSPS) is 10.9. The van der Waals surface area contributed by atoms with Crippen LogP contribution in [0.25, 0.3) is 0 Å². The van der Waals surface area contributed by atoms with Crippen LogP contribution in [0.4, 0.5) is 10.1 Å². The van der Waals surface area contributed by atoms with Crippen LogP contribution in [-0.2, 0) is 14.3 Å². The van der Waals surface area contributed by atoms with Crippen molar-refractivity contribution in [2.45, 2.75) is 31.2 Å². The molecule has 0 radical (unpaired) electrons. The largest absolute Gasteiger partial charge is 0.452 e. The molecule has 0 saturated carbocycles. The number of hydrogen-bond acceptors (Lipinski definition) is 5. The van der Waals surface area contributed by atoms with Gasteiger partial charge in [0, 0.05) is 16.1 Å². The van der Waals surface area contributed by atoms with Crippen LogP contribution in [0, 0.1) is 5.82 Å². The average Bonchev–Trinajstić information content (AvgIpc) is 2.65. The number of esters is 1. The molecule has 0 heterocycles. The second-order valence-corrected chi connectivity index (χ2v) is 8.23. The number of benzene rings is 2. The number of anilines is 1. The Bertz CT molecular complexity index is 879. The summed E-state index contributed by atoms with van der Waals surface area (Å²) in [5.74, 6) is -1.67. The molecule has 8 heteroatoms.